The van der Waals surface area contributed by atoms with Gasteiger partial charge in [0.05, 0.1) is 19.1 Å². The summed E-state index contributed by atoms with van der Waals surface area (Å²) in [7, 11) is 0. The number of rotatable bonds is 5. The second-order valence-corrected chi connectivity index (χ2v) is 5.91. The summed E-state index contributed by atoms with van der Waals surface area (Å²) < 4.78 is 13.4. The molecule has 0 spiro atoms. The van der Waals surface area contributed by atoms with Crippen LogP contribution < -0.4 is 5.32 Å². The Morgan fingerprint density at radius 2 is 1.96 bits per heavy atom. The van der Waals surface area contributed by atoms with Gasteiger partial charge in [0.1, 0.15) is 5.82 Å². The van der Waals surface area contributed by atoms with Crippen LogP contribution in [0.4, 0.5) is 4.39 Å². The Morgan fingerprint density at radius 1 is 1.19 bits per heavy atom. The number of amidine groups is 1. The highest BCUT2D eigenvalue weighted by atomic mass is 19.1. The third-order valence-corrected chi connectivity index (χ3v) is 4.12. The molecule has 1 heterocycles. The zero-order valence-corrected chi connectivity index (χ0v) is 14.0. The molecule has 0 aliphatic carbocycles. The lowest BCUT2D eigenvalue weighted by atomic mass is 10.0. The van der Waals surface area contributed by atoms with E-state index in [2.05, 4.69) is 10.3 Å². The van der Waals surface area contributed by atoms with Crippen LogP contribution in [-0.4, -0.2) is 35.7 Å². The molecule has 6 nitrogen and oxygen atoms in total. The standard InChI is InChI=1S/C19H18FN5O/c20-17-3-1-2-13(7-17)14-4-5-15-10-25(11-16(15)6-14)19(26)9-23-12-24-18(22)8-21/h1-8,12,21H,9-11H2,(H2,22,23,24). The van der Waals surface area contributed by atoms with E-state index >= 15 is 0 Å². The van der Waals surface area contributed by atoms with Crippen molar-refractivity contribution < 1.29 is 9.18 Å². The Labute approximate surface area is 150 Å². The Hall–Kier alpha value is -3.35. The van der Waals surface area contributed by atoms with Crippen LogP contribution in [0.15, 0.2) is 47.5 Å². The smallest absolute Gasteiger partial charge is 0.242 e. The highest BCUT2D eigenvalue weighted by Crippen LogP contribution is 2.28. The fourth-order valence-corrected chi connectivity index (χ4v) is 2.82. The van der Waals surface area contributed by atoms with E-state index in [1.807, 2.05) is 24.3 Å². The molecular weight excluding hydrogens is 333 g/mol. The summed E-state index contributed by atoms with van der Waals surface area (Å²) >= 11 is 0. The SMILES string of the molecule is N=CC(=N)/N=C\NCC(=O)N1Cc2ccc(-c3cccc(F)c3)cc2C1. The topological polar surface area (TPSA) is 92.4 Å². The van der Waals surface area contributed by atoms with Gasteiger partial charge in [0.2, 0.25) is 5.91 Å². The summed E-state index contributed by atoms with van der Waals surface area (Å²) in [4.78, 5) is 17.6. The van der Waals surface area contributed by atoms with Crippen molar-refractivity contribution in [3.63, 3.8) is 0 Å². The molecule has 7 heteroatoms. The van der Waals surface area contributed by atoms with Crippen molar-refractivity contribution in [3.05, 3.63) is 59.4 Å². The van der Waals surface area contributed by atoms with E-state index in [0.717, 1.165) is 28.5 Å². The number of amides is 1. The van der Waals surface area contributed by atoms with Gasteiger partial charge >= 0.3 is 0 Å². The number of nitrogens with zero attached hydrogens (tertiary/aromatic N) is 2. The molecule has 0 aromatic heterocycles. The van der Waals surface area contributed by atoms with Gasteiger partial charge < -0.3 is 15.6 Å². The van der Waals surface area contributed by atoms with Gasteiger partial charge in [-0.25, -0.2) is 9.38 Å². The van der Waals surface area contributed by atoms with Crippen molar-refractivity contribution in [1.29, 1.82) is 10.8 Å². The van der Waals surface area contributed by atoms with Crippen molar-refractivity contribution in [2.24, 2.45) is 4.99 Å². The maximum Gasteiger partial charge on any atom is 0.242 e. The minimum atomic E-state index is -0.274. The first-order chi connectivity index (χ1) is 12.6. The van der Waals surface area contributed by atoms with Gasteiger partial charge in [0, 0.05) is 13.1 Å². The van der Waals surface area contributed by atoms with Gasteiger partial charge in [0.15, 0.2) is 5.84 Å². The summed E-state index contributed by atoms with van der Waals surface area (Å²) in [5.74, 6) is -0.548. The van der Waals surface area contributed by atoms with Crippen LogP contribution in [0, 0.1) is 16.6 Å². The van der Waals surface area contributed by atoms with Crippen molar-refractivity contribution in [2.75, 3.05) is 6.54 Å². The zero-order valence-electron chi connectivity index (χ0n) is 14.0. The van der Waals surface area contributed by atoms with Gasteiger partial charge in [-0.15, -0.1) is 0 Å². The molecular formula is C19H18FN5O. The zero-order chi connectivity index (χ0) is 18.5. The monoisotopic (exact) mass is 351 g/mol. The Bertz CT molecular complexity index is 893. The summed E-state index contributed by atoms with van der Waals surface area (Å²) in [5, 5.41) is 16.8. The van der Waals surface area contributed by atoms with Crippen molar-refractivity contribution >= 4 is 24.3 Å². The van der Waals surface area contributed by atoms with Crippen LogP contribution in [0.2, 0.25) is 0 Å². The minimum Gasteiger partial charge on any atom is -0.367 e. The predicted molar refractivity (Wildman–Crippen MR) is 99.1 cm³/mol. The fraction of sp³-hybridized carbons (Fsp3) is 0.158. The molecule has 3 N–H and O–H groups in total. The van der Waals surface area contributed by atoms with Gasteiger partial charge in [-0.1, -0.05) is 24.3 Å². The van der Waals surface area contributed by atoms with Crippen LogP contribution >= 0.6 is 0 Å². The lowest BCUT2D eigenvalue weighted by molar-refractivity contribution is -0.130. The second-order valence-electron chi connectivity index (χ2n) is 5.91. The quantitative estimate of drug-likeness (QED) is 0.571. The summed E-state index contributed by atoms with van der Waals surface area (Å²) in [5.41, 5.74) is 3.87. The molecule has 1 aliphatic heterocycles. The van der Waals surface area contributed by atoms with Crippen LogP contribution in [0.1, 0.15) is 11.1 Å². The highest BCUT2D eigenvalue weighted by Gasteiger charge is 2.23. The second kappa shape index (κ2) is 7.69. The fourth-order valence-electron chi connectivity index (χ4n) is 2.82. The molecule has 2 aromatic rings. The van der Waals surface area contributed by atoms with E-state index in [-0.39, 0.29) is 24.1 Å². The molecule has 132 valence electrons. The van der Waals surface area contributed by atoms with Gasteiger partial charge in [-0.3, -0.25) is 10.2 Å². The number of nitrogens with one attached hydrogen (secondary N) is 3. The van der Waals surface area contributed by atoms with Gasteiger partial charge in [-0.2, -0.15) is 0 Å². The van der Waals surface area contributed by atoms with E-state index < -0.39 is 0 Å². The largest absolute Gasteiger partial charge is 0.367 e. The number of halogens is 1. The van der Waals surface area contributed by atoms with E-state index in [4.69, 9.17) is 10.8 Å². The van der Waals surface area contributed by atoms with Crippen LogP contribution in [0.3, 0.4) is 0 Å². The molecule has 1 amide bonds. The Kier molecular flexibility index (Phi) is 5.17. The van der Waals surface area contributed by atoms with E-state index in [1.165, 1.54) is 18.5 Å². The normalized spacial score (nSPS) is 12.9. The third-order valence-electron chi connectivity index (χ3n) is 4.12. The molecule has 0 fully saturated rings. The van der Waals surface area contributed by atoms with Crippen LogP contribution in [0.25, 0.3) is 11.1 Å². The van der Waals surface area contributed by atoms with E-state index in [9.17, 15) is 9.18 Å². The van der Waals surface area contributed by atoms with Crippen molar-refractivity contribution in [1.82, 2.24) is 10.2 Å². The average molecular weight is 351 g/mol. The number of fused-ring (bicyclic) bond motifs is 1. The first-order valence-electron chi connectivity index (χ1n) is 8.07. The minimum absolute atomic E-state index is 0.0690. The lowest BCUT2D eigenvalue weighted by Gasteiger charge is -2.14. The number of hydrogen-bond acceptors (Lipinski definition) is 3. The molecule has 3 rings (SSSR count). The highest BCUT2D eigenvalue weighted by molar-refractivity contribution is 6.28. The molecule has 1 aliphatic rings. The molecule has 0 atom stereocenters. The van der Waals surface area contributed by atoms with Crippen molar-refractivity contribution in [2.45, 2.75) is 13.1 Å². The first kappa shape index (κ1) is 17.5. The Morgan fingerprint density at radius 3 is 2.73 bits per heavy atom. The third kappa shape index (κ3) is 4.00. The van der Waals surface area contributed by atoms with E-state index in [0.29, 0.717) is 13.1 Å². The molecule has 26 heavy (non-hydrogen) atoms. The number of benzene rings is 2. The molecule has 0 saturated carbocycles. The van der Waals surface area contributed by atoms with Gasteiger partial charge in [-0.05, 0) is 40.5 Å². The molecule has 0 radical (unpaired) electrons. The maximum atomic E-state index is 13.4. The van der Waals surface area contributed by atoms with Crippen molar-refractivity contribution in [3.8, 4) is 11.1 Å². The van der Waals surface area contributed by atoms with Gasteiger partial charge in [0.25, 0.3) is 0 Å². The first-order valence-corrected chi connectivity index (χ1v) is 8.07. The Balaban J connectivity index is 1.63. The summed E-state index contributed by atoms with van der Waals surface area (Å²) in [6.45, 7) is 1.11. The maximum absolute atomic E-state index is 13.4. The number of hydrogen-bond donors (Lipinski definition) is 3. The average Bonchev–Trinajstić information content (AvgIpc) is 3.08. The molecule has 0 unspecified atom stereocenters. The lowest BCUT2D eigenvalue weighted by Crippen LogP contribution is -2.34. The summed E-state index contributed by atoms with van der Waals surface area (Å²) in [6, 6.07) is 12.4. The van der Waals surface area contributed by atoms with E-state index in [1.54, 1.807) is 11.0 Å². The number of aliphatic imine (C=N–C) groups is 1. The number of carbonyl (C=O) groups excluding carboxylic acids is 1. The molecule has 2 aromatic carbocycles. The summed E-state index contributed by atoms with van der Waals surface area (Å²) in [6.07, 6.45) is 2.06. The van der Waals surface area contributed by atoms with Crippen LogP contribution in [0.5, 0.6) is 0 Å². The predicted octanol–water partition coefficient (Wildman–Crippen LogP) is 2.58. The molecule has 0 saturated heterocycles. The van der Waals surface area contributed by atoms with Crippen LogP contribution in [-0.2, 0) is 17.9 Å². The number of carbonyl (C=O) groups is 1. The molecule has 0 bridgehead atoms.